The van der Waals surface area contributed by atoms with E-state index >= 15 is 0 Å². The molecule has 72 valence electrons. The first-order chi connectivity index (χ1) is 5.97. The lowest BCUT2D eigenvalue weighted by Crippen LogP contribution is -2.15. The molecule has 1 aromatic rings. The van der Waals surface area contributed by atoms with Crippen LogP contribution in [0.15, 0.2) is 18.5 Å². The van der Waals surface area contributed by atoms with Crippen LogP contribution in [0, 0.1) is 0 Å². The molecular formula is C7H7BClF3N-. The molecule has 0 saturated heterocycles. The summed E-state index contributed by atoms with van der Waals surface area (Å²) in [5.74, 6) is 0. The summed E-state index contributed by atoms with van der Waals surface area (Å²) in [6.45, 7) is -4.71. The van der Waals surface area contributed by atoms with Gasteiger partial charge in [-0.2, -0.15) is 0 Å². The van der Waals surface area contributed by atoms with Gasteiger partial charge in [0.25, 0.3) is 0 Å². The van der Waals surface area contributed by atoms with Gasteiger partial charge in [0.2, 0.25) is 0 Å². The number of rotatable bonds is 3. The normalized spacial score (nSPS) is 11.7. The summed E-state index contributed by atoms with van der Waals surface area (Å²) >= 11 is 5.56. The summed E-state index contributed by atoms with van der Waals surface area (Å²) in [5, 5.41) is 0.368. The first-order valence-electron chi connectivity index (χ1n) is 3.78. The number of aryl methyl sites for hydroxylation is 1. The lowest BCUT2D eigenvalue weighted by Gasteiger charge is -2.12. The van der Waals surface area contributed by atoms with E-state index in [1.54, 1.807) is 0 Å². The summed E-state index contributed by atoms with van der Waals surface area (Å²) in [5.41, 5.74) is 0.520. The molecule has 0 unspecified atom stereocenters. The molecule has 0 radical (unpaired) electrons. The maximum atomic E-state index is 11.9. The van der Waals surface area contributed by atoms with Crippen LogP contribution in [0.5, 0.6) is 0 Å². The molecule has 0 saturated carbocycles. The Hall–Kier alpha value is -0.705. The van der Waals surface area contributed by atoms with Gasteiger partial charge >= 0.3 is 6.98 Å². The van der Waals surface area contributed by atoms with Crippen LogP contribution in [-0.2, 0) is 6.42 Å². The second-order valence-electron chi connectivity index (χ2n) is 2.76. The lowest BCUT2D eigenvalue weighted by molar-refractivity contribution is 0.467. The van der Waals surface area contributed by atoms with E-state index < -0.39 is 13.3 Å². The van der Waals surface area contributed by atoms with E-state index in [2.05, 4.69) is 4.98 Å². The number of hydrogen-bond donors (Lipinski definition) is 0. The van der Waals surface area contributed by atoms with E-state index in [1.807, 2.05) is 0 Å². The van der Waals surface area contributed by atoms with E-state index in [4.69, 9.17) is 11.6 Å². The van der Waals surface area contributed by atoms with Gasteiger partial charge in [-0.1, -0.05) is 24.3 Å². The van der Waals surface area contributed by atoms with Crippen molar-refractivity contribution in [3.8, 4) is 0 Å². The highest BCUT2D eigenvalue weighted by Gasteiger charge is 2.21. The quantitative estimate of drug-likeness (QED) is 0.696. The smallest absolute Gasteiger partial charge is 0.449 e. The van der Waals surface area contributed by atoms with Crippen molar-refractivity contribution in [1.82, 2.24) is 4.98 Å². The van der Waals surface area contributed by atoms with E-state index in [0.29, 0.717) is 10.6 Å². The number of pyridine rings is 1. The third-order valence-corrected chi connectivity index (χ3v) is 1.73. The average Bonchev–Trinajstić information content (AvgIpc) is 2.00. The van der Waals surface area contributed by atoms with Crippen LogP contribution in [-0.4, -0.2) is 12.0 Å². The molecule has 1 rings (SSSR count). The molecule has 0 atom stereocenters. The van der Waals surface area contributed by atoms with Crippen LogP contribution in [0.4, 0.5) is 12.9 Å². The molecule has 0 bridgehead atoms. The predicted octanol–water partition coefficient (Wildman–Crippen LogP) is 3.12. The lowest BCUT2D eigenvalue weighted by atomic mass is 9.83. The van der Waals surface area contributed by atoms with E-state index in [-0.39, 0.29) is 6.42 Å². The average molecular weight is 208 g/mol. The van der Waals surface area contributed by atoms with Gasteiger partial charge in [-0.25, -0.2) is 0 Å². The maximum Gasteiger partial charge on any atom is 0.478 e. The molecule has 0 spiro atoms. The number of nitrogens with zero attached hydrogens (tertiary/aromatic N) is 1. The molecule has 1 aromatic heterocycles. The number of halogens is 4. The van der Waals surface area contributed by atoms with Crippen molar-refractivity contribution in [2.75, 3.05) is 0 Å². The van der Waals surface area contributed by atoms with Gasteiger partial charge in [-0.05, 0) is 11.6 Å². The van der Waals surface area contributed by atoms with Crippen molar-refractivity contribution in [2.24, 2.45) is 0 Å². The number of hydrogen-bond acceptors (Lipinski definition) is 1. The highest BCUT2D eigenvalue weighted by molar-refractivity contribution is 6.58. The van der Waals surface area contributed by atoms with Gasteiger partial charge < -0.3 is 12.9 Å². The van der Waals surface area contributed by atoms with Crippen LogP contribution in [0.25, 0.3) is 0 Å². The second-order valence-corrected chi connectivity index (χ2v) is 3.20. The van der Waals surface area contributed by atoms with E-state index in [9.17, 15) is 12.9 Å². The fourth-order valence-electron chi connectivity index (χ4n) is 0.923. The summed E-state index contributed by atoms with van der Waals surface area (Å²) in [7, 11) is 0. The maximum absolute atomic E-state index is 11.9. The molecule has 0 aliphatic carbocycles. The van der Waals surface area contributed by atoms with E-state index in [0.717, 1.165) is 0 Å². The van der Waals surface area contributed by atoms with Gasteiger partial charge in [0.05, 0.1) is 5.02 Å². The third-order valence-electron chi connectivity index (χ3n) is 1.52. The van der Waals surface area contributed by atoms with E-state index in [1.165, 1.54) is 18.5 Å². The molecule has 6 heteroatoms. The number of aromatic nitrogens is 1. The molecular weight excluding hydrogens is 201 g/mol. The summed E-state index contributed by atoms with van der Waals surface area (Å²) in [6.07, 6.45) is 1.97. The first kappa shape index (κ1) is 10.4. The Morgan fingerprint density at radius 2 is 2.00 bits per heavy atom. The topological polar surface area (TPSA) is 12.9 Å². The first-order valence-corrected chi connectivity index (χ1v) is 4.15. The monoisotopic (exact) mass is 208 g/mol. The Morgan fingerprint density at radius 1 is 1.31 bits per heavy atom. The van der Waals surface area contributed by atoms with Crippen molar-refractivity contribution in [1.29, 1.82) is 0 Å². The van der Waals surface area contributed by atoms with Crippen molar-refractivity contribution in [3.63, 3.8) is 0 Å². The van der Waals surface area contributed by atoms with Crippen molar-refractivity contribution >= 4 is 18.6 Å². The highest BCUT2D eigenvalue weighted by atomic mass is 35.5. The highest BCUT2D eigenvalue weighted by Crippen LogP contribution is 2.19. The summed E-state index contributed by atoms with van der Waals surface area (Å²) in [4.78, 5) is 3.69. The van der Waals surface area contributed by atoms with Gasteiger partial charge in [-0.3, -0.25) is 4.98 Å². The minimum Gasteiger partial charge on any atom is -0.449 e. The molecule has 1 heterocycles. The molecule has 0 amide bonds. The van der Waals surface area contributed by atoms with Gasteiger partial charge in [0, 0.05) is 12.4 Å². The van der Waals surface area contributed by atoms with Crippen molar-refractivity contribution < 1.29 is 12.9 Å². The minimum absolute atomic E-state index is 0.0446. The third kappa shape index (κ3) is 4.17. The molecule has 0 aliphatic rings. The summed E-state index contributed by atoms with van der Waals surface area (Å²) < 4.78 is 35.6. The van der Waals surface area contributed by atoms with Crippen molar-refractivity contribution in [3.05, 3.63) is 29.0 Å². The zero-order chi connectivity index (χ0) is 9.90. The zero-order valence-corrected chi connectivity index (χ0v) is 7.44. The van der Waals surface area contributed by atoms with Gasteiger partial charge in [-0.15, -0.1) is 0 Å². The van der Waals surface area contributed by atoms with Crippen LogP contribution in [0.2, 0.25) is 11.3 Å². The molecule has 1 nitrogen and oxygen atoms in total. The van der Waals surface area contributed by atoms with Crippen LogP contribution in [0.1, 0.15) is 5.56 Å². The van der Waals surface area contributed by atoms with Crippen LogP contribution >= 0.6 is 11.6 Å². The Labute approximate surface area is 79.0 Å². The summed E-state index contributed by atoms with van der Waals surface area (Å²) in [6, 6.07) is 1.50. The predicted molar refractivity (Wildman–Crippen MR) is 46.8 cm³/mol. The Bertz CT molecular complexity index is 289. The molecule has 0 aliphatic heterocycles. The van der Waals surface area contributed by atoms with Crippen LogP contribution in [0.3, 0.4) is 0 Å². The molecule has 0 fully saturated rings. The Morgan fingerprint density at radius 3 is 2.54 bits per heavy atom. The SMILES string of the molecule is F[B-](F)(F)CCc1cncc(Cl)c1. The molecule has 0 N–H and O–H groups in total. The fourth-order valence-corrected chi connectivity index (χ4v) is 1.12. The van der Waals surface area contributed by atoms with Gasteiger partial charge in [0.15, 0.2) is 0 Å². The van der Waals surface area contributed by atoms with Crippen LogP contribution < -0.4 is 0 Å². The Kier molecular flexibility index (Phi) is 3.19. The van der Waals surface area contributed by atoms with Gasteiger partial charge in [0.1, 0.15) is 0 Å². The Balaban J connectivity index is 2.55. The zero-order valence-electron chi connectivity index (χ0n) is 6.68. The second kappa shape index (κ2) is 4.00. The minimum atomic E-state index is -4.71. The largest absolute Gasteiger partial charge is 0.478 e. The molecule has 13 heavy (non-hydrogen) atoms. The molecule has 0 aromatic carbocycles. The van der Waals surface area contributed by atoms with Crippen molar-refractivity contribution in [2.45, 2.75) is 12.7 Å². The fraction of sp³-hybridized carbons (Fsp3) is 0.286. The standard InChI is InChI=1S/C7H7BClF3N/c9-7-3-6(4-13-5-7)1-2-8(10,11)12/h3-5H,1-2H2/q-1.